The molecule has 0 spiro atoms. The van der Waals surface area contributed by atoms with E-state index in [9.17, 15) is 4.79 Å². The molecule has 0 atom stereocenters. The maximum atomic E-state index is 12.0. The lowest BCUT2D eigenvalue weighted by atomic mass is 10.1. The van der Waals surface area contributed by atoms with Crippen molar-refractivity contribution in [2.24, 2.45) is 0 Å². The molecule has 0 aliphatic carbocycles. The second-order valence-electron chi connectivity index (χ2n) is 5.96. The van der Waals surface area contributed by atoms with Crippen LogP contribution in [-0.2, 0) is 17.9 Å². The maximum Gasteiger partial charge on any atom is 0.221 e. The van der Waals surface area contributed by atoms with Gasteiger partial charge in [0.15, 0.2) is 0 Å². The van der Waals surface area contributed by atoms with E-state index in [0.717, 1.165) is 27.5 Å². The summed E-state index contributed by atoms with van der Waals surface area (Å²) in [7, 11) is 1.65. The average Bonchev–Trinajstić information content (AvgIpc) is 3.21. The van der Waals surface area contributed by atoms with Crippen LogP contribution in [-0.4, -0.2) is 33.5 Å². The molecule has 1 N–H and O–H groups in total. The Bertz CT molecular complexity index is 833. The number of benzene rings is 2. The Morgan fingerprint density at radius 3 is 2.52 bits per heavy atom. The lowest BCUT2D eigenvalue weighted by Gasteiger charge is -2.07. The molecule has 1 amide bonds. The fourth-order valence-corrected chi connectivity index (χ4v) is 3.34. The van der Waals surface area contributed by atoms with Gasteiger partial charge in [-0.15, -0.1) is 11.8 Å². The quantitative estimate of drug-likeness (QED) is 0.576. The van der Waals surface area contributed by atoms with Crippen LogP contribution in [0, 0.1) is 0 Å². The molecule has 0 unspecified atom stereocenters. The molecule has 27 heavy (non-hydrogen) atoms. The molecule has 6 nitrogen and oxygen atoms in total. The van der Waals surface area contributed by atoms with Crippen molar-refractivity contribution in [2.45, 2.75) is 24.4 Å². The molecule has 140 valence electrons. The number of nitrogens with one attached hydrogen (secondary N) is 1. The van der Waals surface area contributed by atoms with Gasteiger partial charge in [0.25, 0.3) is 0 Å². The third-order valence-electron chi connectivity index (χ3n) is 3.98. The first-order valence-corrected chi connectivity index (χ1v) is 9.65. The van der Waals surface area contributed by atoms with Gasteiger partial charge in [0.05, 0.1) is 13.7 Å². The van der Waals surface area contributed by atoms with Crippen molar-refractivity contribution < 1.29 is 9.53 Å². The number of aromatic nitrogens is 3. The largest absolute Gasteiger partial charge is 0.497 e. The third-order valence-corrected chi connectivity index (χ3v) is 4.99. The molecule has 1 heterocycles. The van der Waals surface area contributed by atoms with Gasteiger partial charge in [-0.2, -0.15) is 5.10 Å². The fourth-order valence-electron chi connectivity index (χ4n) is 2.49. The van der Waals surface area contributed by atoms with Crippen molar-refractivity contribution in [1.29, 1.82) is 0 Å². The second-order valence-corrected chi connectivity index (χ2v) is 7.13. The minimum Gasteiger partial charge on any atom is -0.497 e. The molecule has 3 aromatic rings. The molecule has 2 aromatic carbocycles. The SMILES string of the molecule is COc1ccc(SCCC(=O)NCc2ccc(Cn3cncn3)cc2)cc1. The van der Waals surface area contributed by atoms with Crippen LogP contribution in [0.25, 0.3) is 0 Å². The lowest BCUT2D eigenvalue weighted by molar-refractivity contribution is -0.120. The molecular formula is C20H22N4O2S. The standard InChI is InChI=1S/C20H22N4O2S/c1-26-18-6-8-19(9-7-18)27-11-10-20(25)22-12-16-2-4-17(5-3-16)13-24-15-21-14-23-24/h2-9,14-15H,10-13H2,1H3,(H,22,25). The Morgan fingerprint density at radius 1 is 1.11 bits per heavy atom. The Hall–Kier alpha value is -2.80. The Kier molecular flexibility index (Phi) is 6.87. The highest BCUT2D eigenvalue weighted by Crippen LogP contribution is 2.21. The number of ether oxygens (including phenoxy) is 1. The Labute approximate surface area is 163 Å². The summed E-state index contributed by atoms with van der Waals surface area (Å²) in [4.78, 5) is 17.1. The zero-order valence-corrected chi connectivity index (χ0v) is 16.0. The molecule has 0 aliphatic rings. The molecule has 0 bridgehead atoms. The average molecular weight is 382 g/mol. The maximum absolute atomic E-state index is 12.0. The highest BCUT2D eigenvalue weighted by molar-refractivity contribution is 7.99. The number of hydrogen-bond acceptors (Lipinski definition) is 5. The predicted molar refractivity (Wildman–Crippen MR) is 106 cm³/mol. The van der Waals surface area contributed by atoms with Crippen molar-refractivity contribution in [2.75, 3.05) is 12.9 Å². The highest BCUT2D eigenvalue weighted by atomic mass is 32.2. The molecule has 0 saturated heterocycles. The van der Waals surface area contributed by atoms with Gasteiger partial charge in [-0.25, -0.2) is 9.67 Å². The van der Waals surface area contributed by atoms with Gasteiger partial charge in [0.1, 0.15) is 18.4 Å². The molecular weight excluding hydrogens is 360 g/mol. The Morgan fingerprint density at radius 2 is 1.85 bits per heavy atom. The van der Waals surface area contributed by atoms with Crippen LogP contribution in [0.2, 0.25) is 0 Å². The van der Waals surface area contributed by atoms with Crippen molar-refractivity contribution in [3.8, 4) is 5.75 Å². The van der Waals surface area contributed by atoms with Crippen LogP contribution in [0.1, 0.15) is 17.5 Å². The summed E-state index contributed by atoms with van der Waals surface area (Å²) < 4.78 is 6.91. The van der Waals surface area contributed by atoms with E-state index >= 15 is 0 Å². The summed E-state index contributed by atoms with van der Waals surface area (Å²) in [6, 6.07) is 16.0. The first-order chi connectivity index (χ1) is 13.2. The number of hydrogen-bond donors (Lipinski definition) is 1. The number of rotatable bonds is 9. The molecule has 1 aromatic heterocycles. The molecule has 0 aliphatic heterocycles. The van der Waals surface area contributed by atoms with E-state index in [1.54, 1.807) is 29.9 Å². The van der Waals surface area contributed by atoms with E-state index in [2.05, 4.69) is 15.4 Å². The normalized spacial score (nSPS) is 10.6. The minimum absolute atomic E-state index is 0.0581. The van der Waals surface area contributed by atoms with E-state index in [0.29, 0.717) is 19.5 Å². The number of amides is 1. The summed E-state index contributed by atoms with van der Waals surface area (Å²) in [6.07, 6.45) is 3.70. The van der Waals surface area contributed by atoms with Gasteiger partial charge in [0, 0.05) is 23.6 Å². The topological polar surface area (TPSA) is 69.0 Å². The number of carbonyl (C=O) groups excluding carboxylic acids is 1. The van der Waals surface area contributed by atoms with Crippen LogP contribution < -0.4 is 10.1 Å². The minimum atomic E-state index is 0.0581. The summed E-state index contributed by atoms with van der Waals surface area (Å²) in [6.45, 7) is 1.23. The third kappa shape index (κ3) is 6.14. The van der Waals surface area contributed by atoms with Crippen LogP contribution in [0.15, 0.2) is 66.1 Å². The molecule has 0 fully saturated rings. The monoisotopic (exact) mass is 382 g/mol. The van der Waals surface area contributed by atoms with Gasteiger partial charge >= 0.3 is 0 Å². The predicted octanol–water partition coefficient (Wildman–Crippen LogP) is 3.13. The van der Waals surface area contributed by atoms with Crippen LogP contribution >= 0.6 is 11.8 Å². The van der Waals surface area contributed by atoms with Crippen LogP contribution in [0.4, 0.5) is 0 Å². The van der Waals surface area contributed by atoms with E-state index < -0.39 is 0 Å². The zero-order valence-electron chi connectivity index (χ0n) is 15.2. The summed E-state index contributed by atoms with van der Waals surface area (Å²) in [5.41, 5.74) is 2.22. The molecule has 7 heteroatoms. The smallest absolute Gasteiger partial charge is 0.221 e. The first-order valence-electron chi connectivity index (χ1n) is 8.67. The van der Waals surface area contributed by atoms with E-state index in [-0.39, 0.29) is 5.91 Å². The van der Waals surface area contributed by atoms with Crippen molar-refractivity contribution in [1.82, 2.24) is 20.1 Å². The lowest BCUT2D eigenvalue weighted by Crippen LogP contribution is -2.23. The van der Waals surface area contributed by atoms with Gasteiger partial charge in [-0.1, -0.05) is 24.3 Å². The Balaban J connectivity index is 1.37. The number of carbonyl (C=O) groups is 1. The van der Waals surface area contributed by atoms with Crippen molar-refractivity contribution >= 4 is 17.7 Å². The van der Waals surface area contributed by atoms with Gasteiger partial charge in [0.2, 0.25) is 5.91 Å². The van der Waals surface area contributed by atoms with Gasteiger partial charge < -0.3 is 10.1 Å². The van der Waals surface area contributed by atoms with E-state index in [1.165, 1.54) is 6.33 Å². The van der Waals surface area contributed by atoms with Crippen LogP contribution in [0.3, 0.4) is 0 Å². The van der Waals surface area contributed by atoms with Gasteiger partial charge in [-0.05, 0) is 35.4 Å². The second kappa shape index (κ2) is 9.78. The van der Waals surface area contributed by atoms with Crippen LogP contribution in [0.5, 0.6) is 5.75 Å². The number of methoxy groups -OCH3 is 1. The zero-order chi connectivity index (χ0) is 18.9. The highest BCUT2D eigenvalue weighted by Gasteiger charge is 2.03. The molecule has 0 saturated carbocycles. The number of nitrogens with zero attached hydrogens (tertiary/aromatic N) is 3. The summed E-state index contributed by atoms with van der Waals surface area (Å²) in [5, 5.41) is 7.06. The van der Waals surface area contributed by atoms with Crippen molar-refractivity contribution in [3.63, 3.8) is 0 Å². The number of thioether (sulfide) groups is 1. The van der Waals surface area contributed by atoms with E-state index in [1.807, 2.05) is 48.5 Å². The van der Waals surface area contributed by atoms with Gasteiger partial charge in [-0.3, -0.25) is 4.79 Å². The summed E-state index contributed by atoms with van der Waals surface area (Å²) >= 11 is 1.66. The molecule has 0 radical (unpaired) electrons. The molecule has 3 rings (SSSR count). The van der Waals surface area contributed by atoms with E-state index in [4.69, 9.17) is 4.74 Å². The van der Waals surface area contributed by atoms with Crippen molar-refractivity contribution in [3.05, 3.63) is 72.3 Å². The summed E-state index contributed by atoms with van der Waals surface area (Å²) in [5.74, 6) is 1.64. The fraction of sp³-hybridized carbons (Fsp3) is 0.250. The first kappa shape index (κ1) is 19.0.